The van der Waals surface area contributed by atoms with Crippen molar-refractivity contribution in [2.45, 2.75) is 25.9 Å². The molecule has 5 nitrogen and oxygen atoms in total. The number of ether oxygens (including phenoxy) is 3. The van der Waals surface area contributed by atoms with Gasteiger partial charge in [0.25, 0.3) is 12.5 Å². The van der Waals surface area contributed by atoms with E-state index in [0.29, 0.717) is 32.7 Å². The van der Waals surface area contributed by atoms with E-state index in [9.17, 15) is 0 Å². The van der Waals surface area contributed by atoms with Crippen LogP contribution in [-0.4, -0.2) is 25.9 Å². The number of nitriles is 2. The van der Waals surface area contributed by atoms with E-state index in [0.717, 1.165) is 0 Å². The lowest BCUT2D eigenvalue weighted by Gasteiger charge is -2.12. The van der Waals surface area contributed by atoms with Gasteiger partial charge in [0, 0.05) is 6.61 Å². The van der Waals surface area contributed by atoms with E-state index in [1.807, 2.05) is 6.92 Å². The van der Waals surface area contributed by atoms with Crippen LogP contribution in [0.5, 0.6) is 0 Å². The molecule has 0 amide bonds. The van der Waals surface area contributed by atoms with Crippen molar-refractivity contribution in [3.05, 3.63) is 0 Å². The molecule has 0 heterocycles. The van der Waals surface area contributed by atoms with Gasteiger partial charge in [-0.3, -0.25) is 0 Å². The van der Waals surface area contributed by atoms with Gasteiger partial charge in [-0.05, 0) is 19.8 Å². The normalized spacial score (nSPS) is 11.1. The molecule has 0 aromatic heterocycles. The molecule has 0 bridgehead atoms. The minimum absolute atomic E-state index is 0.234. The minimum atomic E-state index is -0.234. The lowest BCUT2D eigenvalue weighted by Crippen LogP contribution is -2.18. The summed E-state index contributed by atoms with van der Waals surface area (Å²) in [5.74, 6) is 0. The van der Waals surface area contributed by atoms with Crippen LogP contribution in [0, 0.1) is 23.0 Å². The first-order chi connectivity index (χ1) is 6.85. The van der Waals surface area contributed by atoms with Crippen molar-refractivity contribution in [2.75, 3.05) is 19.8 Å². The Morgan fingerprint density at radius 1 is 1.29 bits per heavy atom. The number of rotatable bonds is 8. The van der Waals surface area contributed by atoms with Crippen molar-refractivity contribution >= 4 is 0 Å². The Hall–Kier alpha value is -1.46. The molecular formula is C9H14N2O3. The third-order valence-electron chi connectivity index (χ3n) is 1.56. The lowest BCUT2D eigenvalue weighted by atomic mass is 10.2. The molecule has 0 N–H and O–H groups in total. The van der Waals surface area contributed by atoms with Crippen LogP contribution in [0.1, 0.15) is 19.8 Å². The molecule has 0 rings (SSSR count). The predicted molar refractivity (Wildman–Crippen MR) is 47.8 cm³/mol. The highest BCUT2D eigenvalue weighted by atomic mass is 16.5. The lowest BCUT2D eigenvalue weighted by molar-refractivity contribution is 0.0316. The molecule has 1 atom stereocenters. The number of hydrogen-bond donors (Lipinski definition) is 0. The Balaban J connectivity index is 3.53. The highest BCUT2D eigenvalue weighted by Gasteiger charge is 2.09. The molecule has 1 unspecified atom stereocenters. The zero-order valence-electron chi connectivity index (χ0n) is 8.23. The first-order valence-corrected chi connectivity index (χ1v) is 4.48. The zero-order valence-corrected chi connectivity index (χ0v) is 8.23. The highest BCUT2D eigenvalue weighted by Crippen LogP contribution is 2.03. The maximum absolute atomic E-state index is 8.33. The third kappa shape index (κ3) is 7.20. The second kappa shape index (κ2) is 9.63. The van der Waals surface area contributed by atoms with Crippen molar-refractivity contribution in [3.8, 4) is 12.5 Å². The molecule has 0 saturated carbocycles. The monoisotopic (exact) mass is 198 g/mol. The average molecular weight is 198 g/mol. The maximum Gasteiger partial charge on any atom is 0.286 e. The minimum Gasteiger partial charge on any atom is -0.428 e. The van der Waals surface area contributed by atoms with Crippen LogP contribution < -0.4 is 0 Å². The van der Waals surface area contributed by atoms with Gasteiger partial charge in [-0.15, -0.1) is 0 Å². The van der Waals surface area contributed by atoms with Crippen LogP contribution in [0.15, 0.2) is 0 Å². The molecule has 0 aromatic rings. The van der Waals surface area contributed by atoms with Gasteiger partial charge in [0.1, 0.15) is 12.7 Å². The smallest absolute Gasteiger partial charge is 0.286 e. The van der Waals surface area contributed by atoms with Gasteiger partial charge in [0.15, 0.2) is 0 Å². The van der Waals surface area contributed by atoms with Crippen LogP contribution >= 0.6 is 0 Å². The molecule has 0 aliphatic carbocycles. The molecule has 0 fully saturated rings. The van der Waals surface area contributed by atoms with Gasteiger partial charge in [0.05, 0.1) is 6.61 Å². The van der Waals surface area contributed by atoms with Crippen LogP contribution in [0.4, 0.5) is 0 Å². The van der Waals surface area contributed by atoms with Crippen molar-refractivity contribution in [1.82, 2.24) is 0 Å². The van der Waals surface area contributed by atoms with E-state index >= 15 is 0 Å². The Labute approximate surface area is 83.8 Å². The summed E-state index contributed by atoms with van der Waals surface area (Å²) < 4.78 is 14.4. The van der Waals surface area contributed by atoms with E-state index in [4.69, 9.17) is 20.0 Å². The van der Waals surface area contributed by atoms with E-state index in [2.05, 4.69) is 4.74 Å². The highest BCUT2D eigenvalue weighted by molar-refractivity contribution is 4.63. The molecule has 0 aliphatic rings. The average Bonchev–Trinajstić information content (AvgIpc) is 2.20. The van der Waals surface area contributed by atoms with Crippen molar-refractivity contribution < 1.29 is 14.2 Å². The number of hydrogen-bond acceptors (Lipinski definition) is 5. The Kier molecular flexibility index (Phi) is 8.62. The largest absolute Gasteiger partial charge is 0.428 e. The molecular weight excluding hydrogens is 184 g/mol. The summed E-state index contributed by atoms with van der Waals surface area (Å²) in [5.41, 5.74) is 0. The summed E-state index contributed by atoms with van der Waals surface area (Å²) in [6.07, 6.45) is 4.30. The van der Waals surface area contributed by atoms with Gasteiger partial charge >= 0.3 is 0 Å². The Morgan fingerprint density at radius 3 is 2.64 bits per heavy atom. The van der Waals surface area contributed by atoms with Gasteiger partial charge < -0.3 is 14.2 Å². The zero-order chi connectivity index (χ0) is 10.6. The Morgan fingerprint density at radius 2 is 2.07 bits per heavy atom. The third-order valence-corrected chi connectivity index (χ3v) is 1.56. The summed E-state index contributed by atoms with van der Waals surface area (Å²) >= 11 is 0. The summed E-state index contributed by atoms with van der Waals surface area (Å²) in [4.78, 5) is 0. The van der Waals surface area contributed by atoms with E-state index in [1.165, 1.54) is 0 Å². The van der Waals surface area contributed by atoms with Gasteiger partial charge in [-0.1, -0.05) is 0 Å². The van der Waals surface area contributed by atoms with Crippen LogP contribution in [0.25, 0.3) is 0 Å². The first-order valence-electron chi connectivity index (χ1n) is 4.48. The standard InChI is InChI=1S/C9H14N2O3/c1-2-12-6-9(14-8-11)4-3-5-13-7-10/h9H,2-6H2,1H3. The fourth-order valence-corrected chi connectivity index (χ4v) is 0.929. The second-order valence-corrected chi connectivity index (χ2v) is 2.57. The summed E-state index contributed by atoms with van der Waals surface area (Å²) in [7, 11) is 0. The molecule has 0 radical (unpaired) electrons. The van der Waals surface area contributed by atoms with Gasteiger partial charge in [0.2, 0.25) is 0 Å². The van der Waals surface area contributed by atoms with Crippen molar-refractivity contribution in [3.63, 3.8) is 0 Å². The summed E-state index contributed by atoms with van der Waals surface area (Å²) in [5, 5.41) is 16.4. The first kappa shape index (κ1) is 12.5. The topological polar surface area (TPSA) is 75.3 Å². The summed E-state index contributed by atoms with van der Waals surface area (Å²) in [6.45, 7) is 3.23. The Bertz CT molecular complexity index is 207. The fraction of sp³-hybridized carbons (Fsp3) is 0.778. The van der Waals surface area contributed by atoms with Crippen LogP contribution in [0.3, 0.4) is 0 Å². The maximum atomic E-state index is 8.33. The van der Waals surface area contributed by atoms with Gasteiger partial charge in [-0.2, -0.15) is 10.5 Å². The van der Waals surface area contributed by atoms with Crippen molar-refractivity contribution in [2.24, 2.45) is 0 Å². The summed E-state index contributed by atoms with van der Waals surface area (Å²) in [6, 6.07) is 0. The predicted octanol–water partition coefficient (Wildman–Crippen LogP) is 1.17. The second-order valence-electron chi connectivity index (χ2n) is 2.57. The van der Waals surface area contributed by atoms with Gasteiger partial charge in [-0.25, -0.2) is 0 Å². The molecule has 0 aliphatic heterocycles. The molecule has 78 valence electrons. The van der Waals surface area contributed by atoms with E-state index in [1.54, 1.807) is 12.5 Å². The quantitative estimate of drug-likeness (QED) is 0.432. The van der Waals surface area contributed by atoms with Crippen molar-refractivity contribution in [1.29, 1.82) is 10.5 Å². The molecule has 5 heteroatoms. The molecule has 14 heavy (non-hydrogen) atoms. The molecule has 0 saturated heterocycles. The molecule has 0 aromatic carbocycles. The molecule has 0 spiro atoms. The SMILES string of the molecule is CCOCC(CCCOC#N)OC#N. The van der Waals surface area contributed by atoms with Crippen LogP contribution in [0.2, 0.25) is 0 Å². The number of nitrogens with zero attached hydrogens (tertiary/aromatic N) is 2. The van der Waals surface area contributed by atoms with E-state index in [-0.39, 0.29) is 6.10 Å². The van der Waals surface area contributed by atoms with Crippen LogP contribution in [-0.2, 0) is 14.2 Å². The van der Waals surface area contributed by atoms with E-state index < -0.39 is 0 Å². The fourth-order valence-electron chi connectivity index (χ4n) is 0.929.